The minimum atomic E-state index is 0.578. The van der Waals surface area contributed by atoms with Crippen LogP contribution >= 0.6 is 0 Å². The van der Waals surface area contributed by atoms with Crippen LogP contribution in [0.2, 0.25) is 0 Å². The number of rotatable bonds is 4. The standard InChI is InChI=1S/C16H22N4/c1-13-6-5-9-17-15(13)12-20-11-10-18-16(20)19-14-7-3-2-4-8-14/h5-6,9-11,14H,2-4,7-8,12H2,1H3,(H,18,19). The Morgan fingerprint density at radius 1 is 1.20 bits per heavy atom. The molecule has 4 nitrogen and oxygen atoms in total. The van der Waals surface area contributed by atoms with Gasteiger partial charge in [-0.25, -0.2) is 4.98 Å². The van der Waals surface area contributed by atoms with Crippen molar-refractivity contribution in [1.82, 2.24) is 14.5 Å². The molecule has 0 bridgehead atoms. The van der Waals surface area contributed by atoms with Crippen molar-refractivity contribution < 1.29 is 0 Å². The number of hydrogen-bond donors (Lipinski definition) is 1. The lowest BCUT2D eigenvalue weighted by molar-refractivity contribution is 0.459. The summed E-state index contributed by atoms with van der Waals surface area (Å²) in [6.45, 7) is 2.88. The zero-order valence-electron chi connectivity index (χ0n) is 12.0. The van der Waals surface area contributed by atoms with Crippen molar-refractivity contribution >= 4 is 5.95 Å². The molecule has 0 amide bonds. The Morgan fingerprint density at radius 3 is 2.85 bits per heavy atom. The highest BCUT2D eigenvalue weighted by Crippen LogP contribution is 2.21. The molecule has 106 valence electrons. The smallest absolute Gasteiger partial charge is 0.203 e. The van der Waals surface area contributed by atoms with E-state index < -0.39 is 0 Å². The SMILES string of the molecule is Cc1cccnc1Cn1ccnc1NC1CCCCC1. The summed E-state index contributed by atoms with van der Waals surface area (Å²) in [6, 6.07) is 4.66. The number of pyridine rings is 1. The summed E-state index contributed by atoms with van der Waals surface area (Å²) in [5.74, 6) is 0.974. The largest absolute Gasteiger partial charge is 0.353 e. The van der Waals surface area contributed by atoms with Crippen LogP contribution in [0.3, 0.4) is 0 Å². The van der Waals surface area contributed by atoms with Gasteiger partial charge in [-0.1, -0.05) is 25.3 Å². The van der Waals surface area contributed by atoms with Crippen molar-refractivity contribution in [3.63, 3.8) is 0 Å². The molecule has 1 saturated carbocycles. The lowest BCUT2D eigenvalue weighted by atomic mass is 9.96. The fraction of sp³-hybridized carbons (Fsp3) is 0.500. The second-order valence-corrected chi connectivity index (χ2v) is 5.63. The van der Waals surface area contributed by atoms with Gasteiger partial charge in [-0.2, -0.15) is 0 Å². The van der Waals surface area contributed by atoms with Gasteiger partial charge in [0, 0.05) is 24.6 Å². The van der Waals surface area contributed by atoms with E-state index in [0.29, 0.717) is 6.04 Å². The molecule has 0 radical (unpaired) electrons. The van der Waals surface area contributed by atoms with Crippen LogP contribution < -0.4 is 5.32 Å². The van der Waals surface area contributed by atoms with Crippen LogP contribution in [0.5, 0.6) is 0 Å². The fourth-order valence-electron chi connectivity index (χ4n) is 2.85. The summed E-state index contributed by atoms with van der Waals surface area (Å²) < 4.78 is 2.16. The molecule has 3 rings (SSSR count). The maximum Gasteiger partial charge on any atom is 0.203 e. The maximum atomic E-state index is 4.46. The van der Waals surface area contributed by atoms with Crippen molar-refractivity contribution in [2.24, 2.45) is 0 Å². The average Bonchev–Trinajstić information content (AvgIpc) is 2.90. The molecule has 20 heavy (non-hydrogen) atoms. The van der Waals surface area contributed by atoms with Gasteiger partial charge in [0.05, 0.1) is 12.2 Å². The van der Waals surface area contributed by atoms with Gasteiger partial charge in [0.1, 0.15) is 0 Å². The van der Waals surface area contributed by atoms with Crippen LogP contribution in [0, 0.1) is 6.92 Å². The summed E-state index contributed by atoms with van der Waals surface area (Å²) in [7, 11) is 0. The van der Waals surface area contributed by atoms with Crippen molar-refractivity contribution in [3.05, 3.63) is 42.0 Å². The second-order valence-electron chi connectivity index (χ2n) is 5.63. The van der Waals surface area contributed by atoms with Crippen LogP contribution in [0.15, 0.2) is 30.7 Å². The Labute approximate surface area is 120 Å². The van der Waals surface area contributed by atoms with E-state index in [0.717, 1.165) is 18.2 Å². The fourth-order valence-corrected chi connectivity index (χ4v) is 2.85. The van der Waals surface area contributed by atoms with E-state index in [1.54, 1.807) is 0 Å². The summed E-state index contributed by atoms with van der Waals surface area (Å²) >= 11 is 0. The molecule has 1 fully saturated rings. The number of anilines is 1. The minimum absolute atomic E-state index is 0.578. The first kappa shape index (κ1) is 13.2. The van der Waals surface area contributed by atoms with Crippen molar-refractivity contribution in [2.75, 3.05) is 5.32 Å². The van der Waals surface area contributed by atoms with Crippen LogP contribution in [0.1, 0.15) is 43.4 Å². The monoisotopic (exact) mass is 270 g/mol. The molecule has 4 heteroatoms. The van der Waals surface area contributed by atoms with Crippen LogP contribution in [0.25, 0.3) is 0 Å². The minimum Gasteiger partial charge on any atom is -0.353 e. The van der Waals surface area contributed by atoms with E-state index in [9.17, 15) is 0 Å². The Bertz CT molecular complexity index is 555. The highest BCUT2D eigenvalue weighted by Gasteiger charge is 2.15. The normalized spacial score (nSPS) is 16.2. The lowest BCUT2D eigenvalue weighted by Crippen LogP contribution is -2.24. The third-order valence-corrected chi connectivity index (χ3v) is 4.09. The predicted molar refractivity (Wildman–Crippen MR) is 80.8 cm³/mol. The van der Waals surface area contributed by atoms with Crippen molar-refractivity contribution in [1.29, 1.82) is 0 Å². The number of aryl methyl sites for hydroxylation is 1. The zero-order chi connectivity index (χ0) is 13.8. The molecule has 2 heterocycles. The van der Waals surface area contributed by atoms with E-state index in [-0.39, 0.29) is 0 Å². The zero-order valence-corrected chi connectivity index (χ0v) is 12.0. The van der Waals surface area contributed by atoms with E-state index in [2.05, 4.69) is 32.8 Å². The van der Waals surface area contributed by atoms with Gasteiger partial charge in [0.15, 0.2) is 0 Å². The summed E-state index contributed by atoms with van der Waals surface area (Å²) in [4.78, 5) is 8.92. The van der Waals surface area contributed by atoms with Gasteiger partial charge in [-0.15, -0.1) is 0 Å². The second kappa shape index (κ2) is 6.07. The molecule has 0 unspecified atom stereocenters. The highest BCUT2D eigenvalue weighted by atomic mass is 15.2. The predicted octanol–water partition coefficient (Wildman–Crippen LogP) is 3.38. The van der Waals surface area contributed by atoms with Gasteiger partial charge >= 0.3 is 0 Å². The first-order chi connectivity index (χ1) is 9.83. The topological polar surface area (TPSA) is 42.7 Å². The molecule has 0 aliphatic heterocycles. The van der Waals surface area contributed by atoms with Gasteiger partial charge in [0.2, 0.25) is 5.95 Å². The molecule has 0 spiro atoms. The summed E-state index contributed by atoms with van der Waals surface area (Å²) in [6.07, 6.45) is 12.3. The maximum absolute atomic E-state index is 4.46. The molecule has 0 aromatic carbocycles. The Balaban J connectivity index is 1.71. The van der Waals surface area contributed by atoms with E-state index in [4.69, 9.17) is 0 Å². The molecule has 2 aromatic rings. The molecule has 1 aliphatic rings. The Kier molecular flexibility index (Phi) is 4.00. The first-order valence-electron chi connectivity index (χ1n) is 7.51. The van der Waals surface area contributed by atoms with Gasteiger partial charge in [-0.05, 0) is 31.4 Å². The number of nitrogens with one attached hydrogen (secondary N) is 1. The third kappa shape index (κ3) is 3.00. The highest BCUT2D eigenvalue weighted by molar-refractivity contribution is 5.30. The molecule has 0 atom stereocenters. The van der Waals surface area contributed by atoms with Gasteiger partial charge in [0.25, 0.3) is 0 Å². The van der Waals surface area contributed by atoms with Crippen LogP contribution in [-0.2, 0) is 6.54 Å². The molecule has 1 N–H and O–H groups in total. The molecule has 2 aromatic heterocycles. The number of nitrogens with zero attached hydrogens (tertiary/aromatic N) is 3. The van der Waals surface area contributed by atoms with E-state index in [1.165, 1.54) is 37.7 Å². The average molecular weight is 270 g/mol. The van der Waals surface area contributed by atoms with Gasteiger partial charge < -0.3 is 9.88 Å². The molecule has 0 saturated heterocycles. The Morgan fingerprint density at radius 2 is 2.05 bits per heavy atom. The van der Waals surface area contributed by atoms with Crippen molar-refractivity contribution in [3.8, 4) is 0 Å². The molecular formula is C16H22N4. The molecular weight excluding hydrogens is 248 g/mol. The number of imidazole rings is 1. The van der Waals surface area contributed by atoms with Crippen molar-refractivity contribution in [2.45, 2.75) is 51.6 Å². The quantitative estimate of drug-likeness (QED) is 0.926. The number of aromatic nitrogens is 3. The van der Waals surface area contributed by atoms with Crippen LogP contribution in [-0.4, -0.2) is 20.6 Å². The molecule has 1 aliphatic carbocycles. The van der Waals surface area contributed by atoms with E-state index in [1.807, 2.05) is 24.7 Å². The summed E-state index contributed by atoms with van der Waals surface area (Å²) in [5, 5.41) is 3.59. The van der Waals surface area contributed by atoms with E-state index >= 15 is 0 Å². The Hall–Kier alpha value is -1.84. The first-order valence-corrected chi connectivity index (χ1v) is 7.51. The van der Waals surface area contributed by atoms with Crippen LogP contribution in [0.4, 0.5) is 5.95 Å². The number of hydrogen-bond acceptors (Lipinski definition) is 3. The lowest BCUT2D eigenvalue weighted by Gasteiger charge is -2.23. The van der Waals surface area contributed by atoms with Gasteiger partial charge in [-0.3, -0.25) is 4.98 Å². The third-order valence-electron chi connectivity index (χ3n) is 4.09. The summed E-state index contributed by atoms with van der Waals surface area (Å²) in [5.41, 5.74) is 2.34.